The Labute approximate surface area is 90.6 Å². The number of pyridine rings is 1. The number of nitrogens with two attached hydrogens (primary N) is 2. The van der Waals surface area contributed by atoms with E-state index in [4.69, 9.17) is 16.2 Å². The molecule has 0 amide bonds. The average Bonchev–Trinajstić information content (AvgIpc) is 2.22. The molecule has 0 aliphatic heterocycles. The van der Waals surface area contributed by atoms with Gasteiger partial charge in [0.1, 0.15) is 5.82 Å². The van der Waals surface area contributed by atoms with Crippen molar-refractivity contribution in [1.29, 1.82) is 0 Å². The zero-order valence-corrected chi connectivity index (χ0v) is 9.36. The minimum absolute atomic E-state index is 0.191. The molecule has 0 saturated carbocycles. The molecule has 0 aliphatic rings. The molecule has 4 heteroatoms. The quantitative estimate of drug-likeness (QED) is 0.719. The zero-order valence-electron chi connectivity index (χ0n) is 9.36. The summed E-state index contributed by atoms with van der Waals surface area (Å²) in [5, 5.41) is 0. The number of nitrogen functional groups attached to an aromatic ring is 1. The fraction of sp³-hybridized carbons (Fsp3) is 0.545. The van der Waals surface area contributed by atoms with Crippen molar-refractivity contribution in [3.8, 4) is 0 Å². The Morgan fingerprint density at radius 2 is 2.27 bits per heavy atom. The first-order valence-electron chi connectivity index (χ1n) is 5.20. The van der Waals surface area contributed by atoms with E-state index in [0.717, 1.165) is 24.2 Å². The zero-order chi connectivity index (χ0) is 11.3. The van der Waals surface area contributed by atoms with Crippen molar-refractivity contribution in [1.82, 2.24) is 4.98 Å². The molecule has 1 aromatic heterocycles. The Balaban J connectivity index is 2.64. The molecule has 1 heterocycles. The molecule has 1 rings (SSSR count). The summed E-state index contributed by atoms with van der Waals surface area (Å²) in [5.74, 6) is 0.494. The molecule has 4 nitrogen and oxygen atoms in total. The normalized spacial score (nSPS) is 12.7. The molecule has 15 heavy (non-hydrogen) atoms. The third kappa shape index (κ3) is 3.49. The van der Waals surface area contributed by atoms with E-state index in [2.05, 4.69) is 11.9 Å². The van der Waals surface area contributed by atoms with Crippen LogP contribution in [-0.4, -0.2) is 18.2 Å². The minimum Gasteiger partial charge on any atom is -0.383 e. The fourth-order valence-electron chi connectivity index (χ4n) is 1.34. The van der Waals surface area contributed by atoms with E-state index < -0.39 is 0 Å². The maximum Gasteiger partial charge on any atom is 0.128 e. The smallest absolute Gasteiger partial charge is 0.128 e. The Kier molecular flexibility index (Phi) is 4.52. The number of hydrogen-bond acceptors (Lipinski definition) is 4. The molecule has 0 radical (unpaired) electrons. The van der Waals surface area contributed by atoms with Gasteiger partial charge >= 0.3 is 0 Å². The molecule has 0 aromatic carbocycles. The van der Waals surface area contributed by atoms with E-state index >= 15 is 0 Å². The largest absolute Gasteiger partial charge is 0.383 e. The second-order valence-electron chi connectivity index (χ2n) is 3.67. The van der Waals surface area contributed by atoms with E-state index in [9.17, 15) is 0 Å². The lowest BCUT2D eigenvalue weighted by Gasteiger charge is -2.14. The SMILES string of the molecule is CCCOCC(N)c1cc(C)cnc1N. The summed E-state index contributed by atoms with van der Waals surface area (Å²) >= 11 is 0. The third-order valence-electron chi connectivity index (χ3n) is 2.13. The summed E-state index contributed by atoms with van der Waals surface area (Å²) in [5.41, 5.74) is 13.6. The summed E-state index contributed by atoms with van der Waals surface area (Å²) < 4.78 is 5.39. The van der Waals surface area contributed by atoms with Crippen LogP contribution >= 0.6 is 0 Å². The van der Waals surface area contributed by atoms with Crippen LogP contribution in [0.15, 0.2) is 12.3 Å². The maximum atomic E-state index is 5.96. The highest BCUT2D eigenvalue weighted by atomic mass is 16.5. The maximum absolute atomic E-state index is 5.96. The lowest BCUT2D eigenvalue weighted by Crippen LogP contribution is -2.19. The Hall–Kier alpha value is -1.13. The van der Waals surface area contributed by atoms with Gasteiger partial charge in [-0.25, -0.2) is 4.98 Å². The molecule has 0 bridgehead atoms. The fourth-order valence-corrected chi connectivity index (χ4v) is 1.34. The number of ether oxygens (including phenoxy) is 1. The van der Waals surface area contributed by atoms with Gasteiger partial charge in [-0.2, -0.15) is 0 Å². The van der Waals surface area contributed by atoms with E-state index in [1.165, 1.54) is 0 Å². The third-order valence-corrected chi connectivity index (χ3v) is 2.13. The van der Waals surface area contributed by atoms with E-state index in [-0.39, 0.29) is 6.04 Å². The summed E-state index contributed by atoms with van der Waals surface area (Å²) in [6.45, 7) is 5.25. The lowest BCUT2D eigenvalue weighted by molar-refractivity contribution is 0.121. The summed E-state index contributed by atoms with van der Waals surface area (Å²) in [4.78, 5) is 4.07. The van der Waals surface area contributed by atoms with Gasteiger partial charge in [0.15, 0.2) is 0 Å². The van der Waals surface area contributed by atoms with Gasteiger partial charge in [-0.3, -0.25) is 0 Å². The molecule has 0 aliphatic carbocycles. The summed E-state index contributed by atoms with van der Waals surface area (Å²) in [6, 6.07) is 1.77. The molecule has 84 valence electrons. The first-order chi connectivity index (χ1) is 7.15. The van der Waals surface area contributed by atoms with Crippen molar-refractivity contribution in [2.24, 2.45) is 5.73 Å². The highest BCUT2D eigenvalue weighted by Gasteiger charge is 2.10. The summed E-state index contributed by atoms with van der Waals surface area (Å²) in [7, 11) is 0. The van der Waals surface area contributed by atoms with Crippen LogP contribution in [0.3, 0.4) is 0 Å². The molecular weight excluding hydrogens is 190 g/mol. The molecule has 1 aromatic rings. The molecule has 0 spiro atoms. The predicted octanol–water partition coefficient (Wildman–Crippen LogP) is 1.40. The first-order valence-corrected chi connectivity index (χ1v) is 5.20. The van der Waals surface area contributed by atoms with E-state index in [1.54, 1.807) is 6.20 Å². The highest BCUT2D eigenvalue weighted by molar-refractivity contribution is 5.42. The van der Waals surface area contributed by atoms with Crippen LogP contribution in [0, 0.1) is 6.92 Å². The van der Waals surface area contributed by atoms with Gasteiger partial charge in [0.2, 0.25) is 0 Å². The van der Waals surface area contributed by atoms with Gasteiger partial charge in [-0.15, -0.1) is 0 Å². The molecule has 4 N–H and O–H groups in total. The van der Waals surface area contributed by atoms with Crippen LogP contribution in [0.2, 0.25) is 0 Å². The van der Waals surface area contributed by atoms with Crippen molar-refractivity contribution in [2.45, 2.75) is 26.3 Å². The van der Waals surface area contributed by atoms with Gasteiger partial charge in [-0.05, 0) is 25.0 Å². The van der Waals surface area contributed by atoms with Gasteiger partial charge in [0.05, 0.1) is 12.6 Å². The Morgan fingerprint density at radius 3 is 2.93 bits per heavy atom. The van der Waals surface area contributed by atoms with Crippen molar-refractivity contribution < 1.29 is 4.74 Å². The van der Waals surface area contributed by atoms with Crippen molar-refractivity contribution in [3.05, 3.63) is 23.4 Å². The molecule has 1 unspecified atom stereocenters. The number of aromatic nitrogens is 1. The van der Waals surface area contributed by atoms with Crippen LogP contribution in [-0.2, 0) is 4.74 Å². The van der Waals surface area contributed by atoms with Crippen LogP contribution in [0.4, 0.5) is 5.82 Å². The van der Waals surface area contributed by atoms with Crippen LogP contribution in [0.1, 0.15) is 30.5 Å². The minimum atomic E-state index is -0.191. The molecule has 0 fully saturated rings. The van der Waals surface area contributed by atoms with Crippen molar-refractivity contribution in [3.63, 3.8) is 0 Å². The number of anilines is 1. The van der Waals surface area contributed by atoms with E-state index in [1.807, 2.05) is 13.0 Å². The standard InChI is InChI=1S/C11H19N3O/c1-3-4-15-7-10(12)9-5-8(2)6-14-11(9)13/h5-6,10H,3-4,7,12H2,1-2H3,(H2,13,14). The molecule has 0 saturated heterocycles. The monoisotopic (exact) mass is 209 g/mol. The summed E-state index contributed by atoms with van der Waals surface area (Å²) in [6.07, 6.45) is 2.73. The average molecular weight is 209 g/mol. The van der Waals surface area contributed by atoms with Crippen LogP contribution in [0.25, 0.3) is 0 Å². The van der Waals surface area contributed by atoms with Crippen molar-refractivity contribution >= 4 is 5.82 Å². The van der Waals surface area contributed by atoms with Gasteiger partial charge in [-0.1, -0.05) is 6.92 Å². The van der Waals surface area contributed by atoms with Crippen LogP contribution < -0.4 is 11.5 Å². The molecular formula is C11H19N3O. The second kappa shape index (κ2) is 5.68. The number of rotatable bonds is 5. The first kappa shape index (κ1) is 11.9. The molecule has 1 atom stereocenters. The Morgan fingerprint density at radius 1 is 1.53 bits per heavy atom. The Bertz CT molecular complexity index is 315. The van der Waals surface area contributed by atoms with Gasteiger partial charge in [0.25, 0.3) is 0 Å². The topological polar surface area (TPSA) is 74.2 Å². The number of aryl methyl sites for hydroxylation is 1. The highest BCUT2D eigenvalue weighted by Crippen LogP contribution is 2.17. The van der Waals surface area contributed by atoms with Crippen LogP contribution in [0.5, 0.6) is 0 Å². The number of nitrogens with zero attached hydrogens (tertiary/aromatic N) is 1. The van der Waals surface area contributed by atoms with Gasteiger partial charge in [0, 0.05) is 18.4 Å². The lowest BCUT2D eigenvalue weighted by atomic mass is 10.1. The van der Waals surface area contributed by atoms with Crippen molar-refractivity contribution in [2.75, 3.05) is 18.9 Å². The second-order valence-corrected chi connectivity index (χ2v) is 3.67. The predicted molar refractivity (Wildman–Crippen MR) is 61.4 cm³/mol. The van der Waals surface area contributed by atoms with Gasteiger partial charge < -0.3 is 16.2 Å². The van der Waals surface area contributed by atoms with E-state index in [0.29, 0.717) is 12.4 Å². The number of hydrogen-bond donors (Lipinski definition) is 2.